The van der Waals surface area contributed by atoms with E-state index in [0.29, 0.717) is 22.0 Å². The largest absolute Gasteiger partial charge is 0.497 e. The number of methoxy groups -OCH3 is 2. The van der Waals surface area contributed by atoms with Crippen LogP contribution in [0.5, 0.6) is 23.0 Å². The smallest absolute Gasteiger partial charge is 0.282 e. The van der Waals surface area contributed by atoms with Crippen molar-refractivity contribution in [2.45, 2.75) is 0 Å². The highest BCUT2D eigenvalue weighted by Gasteiger charge is 2.22. The number of ether oxygens (including phenoxy) is 4. The predicted octanol–water partition coefficient (Wildman–Crippen LogP) is 6.14. The fourth-order valence-electron chi connectivity index (χ4n) is 4.29. The summed E-state index contributed by atoms with van der Waals surface area (Å²) in [5.74, 6) is 2.26. The molecular weight excluding hydrogens is 532 g/mol. The Bertz CT molecular complexity index is 1840. The van der Waals surface area contributed by atoms with Gasteiger partial charge in [0.25, 0.3) is 5.69 Å². The summed E-state index contributed by atoms with van der Waals surface area (Å²) in [5, 5.41) is 20.5. The van der Waals surface area contributed by atoms with Gasteiger partial charge in [0.1, 0.15) is 11.5 Å². The van der Waals surface area contributed by atoms with Crippen LogP contribution in [0.3, 0.4) is 0 Å². The van der Waals surface area contributed by atoms with E-state index in [1.54, 1.807) is 25.0 Å². The van der Waals surface area contributed by atoms with Gasteiger partial charge in [-0.1, -0.05) is 18.2 Å². The Morgan fingerprint density at radius 2 is 1.62 bits per heavy atom. The van der Waals surface area contributed by atoms with Crippen LogP contribution in [-0.4, -0.2) is 36.8 Å². The minimum atomic E-state index is -0.469. The molecule has 6 rings (SSSR count). The van der Waals surface area contributed by atoms with E-state index in [1.807, 2.05) is 60.0 Å². The molecule has 0 unspecified atom stereocenters. The number of nitrogens with zero attached hydrogens (tertiary/aromatic N) is 4. The van der Waals surface area contributed by atoms with Crippen LogP contribution in [0.25, 0.3) is 22.0 Å². The van der Waals surface area contributed by atoms with Crippen LogP contribution in [0, 0.1) is 10.1 Å². The Kier molecular flexibility index (Phi) is 6.62. The van der Waals surface area contributed by atoms with E-state index in [4.69, 9.17) is 23.9 Å². The molecule has 10 nitrogen and oxygen atoms in total. The number of fused-ring (bicyclic) bond motifs is 2. The van der Waals surface area contributed by atoms with Crippen LogP contribution in [0.15, 0.2) is 88.3 Å². The van der Waals surface area contributed by atoms with Crippen molar-refractivity contribution in [3.05, 3.63) is 98.7 Å². The summed E-state index contributed by atoms with van der Waals surface area (Å²) in [7, 11) is 3.25. The van der Waals surface area contributed by atoms with Gasteiger partial charge in [0.05, 0.1) is 48.4 Å². The van der Waals surface area contributed by atoms with Crippen molar-refractivity contribution < 1.29 is 23.9 Å². The molecule has 4 aromatic carbocycles. The Morgan fingerprint density at radius 3 is 2.38 bits per heavy atom. The molecule has 0 saturated heterocycles. The summed E-state index contributed by atoms with van der Waals surface area (Å²) in [6, 6.07) is 22.2. The van der Waals surface area contributed by atoms with Gasteiger partial charge in [-0.15, -0.1) is 11.3 Å². The molecular formula is C29H22N4O6S. The maximum atomic E-state index is 11.8. The van der Waals surface area contributed by atoms with Gasteiger partial charge in [-0.05, 0) is 59.3 Å². The third-order valence-electron chi connectivity index (χ3n) is 6.36. The Labute approximate surface area is 232 Å². The zero-order chi connectivity index (χ0) is 27.6. The Balaban J connectivity index is 1.49. The van der Waals surface area contributed by atoms with E-state index in [0.717, 1.165) is 33.5 Å². The minimum absolute atomic E-state index is 0.00917. The van der Waals surface area contributed by atoms with Gasteiger partial charge in [-0.3, -0.25) is 10.1 Å². The lowest BCUT2D eigenvalue weighted by molar-refractivity contribution is -0.385. The number of thiazole rings is 1. The average molecular weight is 555 g/mol. The van der Waals surface area contributed by atoms with E-state index in [2.05, 4.69) is 11.2 Å². The quantitative estimate of drug-likeness (QED) is 0.136. The van der Waals surface area contributed by atoms with Crippen LogP contribution in [0.2, 0.25) is 0 Å². The SMILES string of the molecule is COc1ccc(N=c2scc(-c3ccc4cc(OC)ccc4c3)n2N=Cc2cc3c(cc2[N+](=O)[O-])OCO3)cc1. The number of nitro benzene ring substituents is 1. The zero-order valence-electron chi connectivity index (χ0n) is 21.4. The molecule has 40 heavy (non-hydrogen) atoms. The third kappa shape index (κ3) is 4.85. The fourth-order valence-corrected chi connectivity index (χ4v) is 5.15. The molecule has 1 aliphatic rings. The molecule has 0 saturated carbocycles. The van der Waals surface area contributed by atoms with Crippen LogP contribution in [-0.2, 0) is 0 Å². The van der Waals surface area contributed by atoms with Crippen molar-refractivity contribution in [3.63, 3.8) is 0 Å². The lowest BCUT2D eigenvalue weighted by Gasteiger charge is -2.07. The molecule has 0 fully saturated rings. The first-order valence-electron chi connectivity index (χ1n) is 12.1. The summed E-state index contributed by atoms with van der Waals surface area (Å²) in [6.07, 6.45) is 1.44. The molecule has 2 heterocycles. The fraction of sp³-hybridized carbons (Fsp3) is 0.103. The summed E-state index contributed by atoms with van der Waals surface area (Å²) in [4.78, 5) is 16.7. The van der Waals surface area contributed by atoms with Crippen molar-refractivity contribution in [3.8, 4) is 34.3 Å². The molecule has 1 aliphatic heterocycles. The lowest BCUT2D eigenvalue weighted by Crippen LogP contribution is -2.11. The summed E-state index contributed by atoms with van der Waals surface area (Å²) in [6.45, 7) is 0.00917. The van der Waals surface area contributed by atoms with Gasteiger partial charge < -0.3 is 18.9 Å². The van der Waals surface area contributed by atoms with E-state index in [-0.39, 0.29) is 18.0 Å². The monoisotopic (exact) mass is 554 g/mol. The molecule has 0 aliphatic carbocycles. The van der Waals surface area contributed by atoms with E-state index < -0.39 is 4.92 Å². The van der Waals surface area contributed by atoms with E-state index in [1.165, 1.54) is 23.6 Å². The number of hydrogen-bond acceptors (Lipinski definition) is 9. The molecule has 5 aromatic rings. The highest BCUT2D eigenvalue weighted by Crippen LogP contribution is 2.37. The second kappa shape index (κ2) is 10.5. The van der Waals surface area contributed by atoms with Gasteiger partial charge in [0.15, 0.2) is 11.5 Å². The summed E-state index contributed by atoms with van der Waals surface area (Å²) in [5.41, 5.74) is 2.52. The minimum Gasteiger partial charge on any atom is -0.497 e. The van der Waals surface area contributed by atoms with Crippen LogP contribution < -0.4 is 23.7 Å². The number of aromatic nitrogens is 1. The van der Waals surface area contributed by atoms with Gasteiger partial charge in [-0.25, -0.2) is 9.67 Å². The standard InChI is InChI=1S/C29H22N4O6S/c1-36-23-9-6-22(7-10-23)31-29-32(30-15-21-13-27-28(39-17-38-27)14-25(21)33(34)35)26(16-40-29)20-4-3-19-12-24(37-2)8-5-18(19)11-20/h3-16H,17H2,1-2H3. The number of rotatable bonds is 7. The summed E-state index contributed by atoms with van der Waals surface area (Å²) < 4.78 is 23.0. The van der Waals surface area contributed by atoms with E-state index >= 15 is 0 Å². The predicted molar refractivity (Wildman–Crippen MR) is 152 cm³/mol. The van der Waals surface area contributed by atoms with Crippen molar-refractivity contribution in [1.29, 1.82) is 0 Å². The molecule has 0 spiro atoms. The molecule has 0 atom stereocenters. The molecule has 0 radical (unpaired) electrons. The van der Waals surface area contributed by atoms with Crippen molar-refractivity contribution in [1.82, 2.24) is 4.68 Å². The van der Waals surface area contributed by atoms with Crippen molar-refractivity contribution >= 4 is 39.7 Å². The Hall–Kier alpha value is -5.16. The highest BCUT2D eigenvalue weighted by atomic mass is 32.1. The van der Waals surface area contributed by atoms with Crippen LogP contribution in [0.4, 0.5) is 11.4 Å². The first kappa shape index (κ1) is 25.1. The molecule has 0 bridgehead atoms. The summed E-state index contributed by atoms with van der Waals surface area (Å²) >= 11 is 1.41. The first-order valence-corrected chi connectivity index (χ1v) is 13.0. The maximum absolute atomic E-state index is 11.8. The second-order valence-electron chi connectivity index (χ2n) is 8.72. The number of benzene rings is 4. The topological polar surface area (TPSA) is 110 Å². The number of hydrogen-bond donors (Lipinski definition) is 0. The molecule has 0 amide bonds. The van der Waals surface area contributed by atoms with Gasteiger partial charge in [0.2, 0.25) is 11.6 Å². The maximum Gasteiger partial charge on any atom is 0.282 e. The molecule has 1 aromatic heterocycles. The third-order valence-corrected chi connectivity index (χ3v) is 7.17. The van der Waals surface area contributed by atoms with Crippen molar-refractivity contribution in [2.24, 2.45) is 10.1 Å². The first-order chi connectivity index (χ1) is 19.5. The van der Waals surface area contributed by atoms with Crippen LogP contribution >= 0.6 is 11.3 Å². The lowest BCUT2D eigenvalue weighted by atomic mass is 10.1. The van der Waals surface area contributed by atoms with Gasteiger partial charge in [-0.2, -0.15) is 5.10 Å². The second-order valence-corrected chi connectivity index (χ2v) is 9.56. The van der Waals surface area contributed by atoms with Gasteiger partial charge >= 0.3 is 0 Å². The van der Waals surface area contributed by atoms with Crippen LogP contribution in [0.1, 0.15) is 5.56 Å². The molecule has 0 N–H and O–H groups in total. The molecule has 200 valence electrons. The van der Waals surface area contributed by atoms with E-state index in [9.17, 15) is 10.1 Å². The molecule has 11 heteroatoms. The van der Waals surface area contributed by atoms with Crippen molar-refractivity contribution in [2.75, 3.05) is 21.0 Å². The highest BCUT2D eigenvalue weighted by molar-refractivity contribution is 7.07. The van der Waals surface area contributed by atoms with Gasteiger partial charge in [0, 0.05) is 10.9 Å². The normalized spacial score (nSPS) is 12.8. The number of nitro groups is 1. The Morgan fingerprint density at radius 1 is 0.925 bits per heavy atom. The zero-order valence-corrected chi connectivity index (χ0v) is 22.3. The average Bonchev–Trinajstić information content (AvgIpc) is 3.61.